The van der Waals surface area contributed by atoms with E-state index in [1.807, 2.05) is 24.3 Å². The summed E-state index contributed by atoms with van der Waals surface area (Å²) in [6.45, 7) is 0. The van der Waals surface area contributed by atoms with Crippen LogP contribution in [0.5, 0.6) is 0 Å². The molecule has 0 aliphatic rings. The molecule has 0 aliphatic carbocycles. The molecular weight excluding hydrogens is 282 g/mol. The molecule has 0 saturated carbocycles. The Labute approximate surface area is 107 Å². The maximum Gasteiger partial charge on any atom is 0.271 e. The van der Waals surface area contributed by atoms with Crippen LogP contribution in [-0.2, 0) is 0 Å². The van der Waals surface area contributed by atoms with Crippen molar-refractivity contribution in [1.29, 1.82) is 0 Å². The van der Waals surface area contributed by atoms with E-state index >= 15 is 0 Å². The molecule has 0 spiro atoms. The lowest BCUT2D eigenvalue weighted by molar-refractivity contribution is 0.0955. The van der Waals surface area contributed by atoms with Crippen LogP contribution in [0.15, 0.2) is 52.2 Å². The summed E-state index contributed by atoms with van der Waals surface area (Å²) in [4.78, 5) is 14.6. The number of hydrazone groups is 1. The molecule has 2 aromatic rings. The normalized spacial score (nSPS) is 10.6. The number of H-pyrrole nitrogens is 1. The third kappa shape index (κ3) is 3.29. The molecular formula is C12H10BrN3O. The summed E-state index contributed by atoms with van der Waals surface area (Å²) in [5, 5.41) is 3.85. The number of carbonyl (C=O) groups is 1. The highest BCUT2D eigenvalue weighted by atomic mass is 79.9. The molecule has 0 bridgehead atoms. The highest BCUT2D eigenvalue weighted by molar-refractivity contribution is 9.10. The van der Waals surface area contributed by atoms with Gasteiger partial charge in [0.05, 0.1) is 11.9 Å². The Bertz CT molecular complexity index is 517. The molecule has 1 aromatic carbocycles. The summed E-state index contributed by atoms with van der Waals surface area (Å²) in [5.74, 6) is -0.236. The number of hydrogen-bond acceptors (Lipinski definition) is 2. The average Bonchev–Trinajstić information content (AvgIpc) is 2.83. The Hall–Kier alpha value is -1.88. The van der Waals surface area contributed by atoms with Crippen LogP contribution in [0.4, 0.5) is 0 Å². The minimum absolute atomic E-state index is 0.236. The Morgan fingerprint density at radius 1 is 1.29 bits per heavy atom. The van der Waals surface area contributed by atoms with Gasteiger partial charge in [-0.25, -0.2) is 5.43 Å². The Balaban J connectivity index is 1.96. The number of aromatic amines is 1. The van der Waals surface area contributed by atoms with E-state index in [4.69, 9.17) is 0 Å². The number of nitrogens with zero attached hydrogens (tertiary/aromatic N) is 1. The monoisotopic (exact) mass is 291 g/mol. The summed E-state index contributed by atoms with van der Waals surface area (Å²) in [6, 6.07) is 10.8. The van der Waals surface area contributed by atoms with E-state index in [1.54, 1.807) is 24.5 Å². The summed E-state index contributed by atoms with van der Waals surface area (Å²) >= 11 is 3.31. The molecule has 1 amide bonds. The second-order valence-electron chi connectivity index (χ2n) is 3.33. The molecule has 4 nitrogen and oxygen atoms in total. The Morgan fingerprint density at radius 3 is 2.71 bits per heavy atom. The van der Waals surface area contributed by atoms with Gasteiger partial charge in [0.1, 0.15) is 0 Å². The minimum Gasteiger partial charge on any atom is -0.360 e. The highest BCUT2D eigenvalue weighted by Crippen LogP contribution is 2.10. The maximum absolute atomic E-state index is 11.6. The Kier molecular flexibility index (Phi) is 3.72. The first-order valence-electron chi connectivity index (χ1n) is 4.98. The SMILES string of the molecule is O=C(N/N=C/c1ccc[nH]1)c1ccc(Br)cc1. The smallest absolute Gasteiger partial charge is 0.271 e. The van der Waals surface area contributed by atoms with E-state index in [2.05, 4.69) is 31.4 Å². The summed E-state index contributed by atoms with van der Waals surface area (Å²) < 4.78 is 0.934. The maximum atomic E-state index is 11.6. The van der Waals surface area contributed by atoms with Crippen molar-refractivity contribution in [2.75, 3.05) is 0 Å². The van der Waals surface area contributed by atoms with Gasteiger partial charge in [0, 0.05) is 16.2 Å². The van der Waals surface area contributed by atoms with E-state index in [0.717, 1.165) is 10.2 Å². The summed E-state index contributed by atoms with van der Waals surface area (Å²) in [5.41, 5.74) is 3.85. The zero-order chi connectivity index (χ0) is 12.1. The van der Waals surface area contributed by atoms with Crippen LogP contribution >= 0.6 is 15.9 Å². The van der Waals surface area contributed by atoms with Gasteiger partial charge < -0.3 is 4.98 Å². The summed E-state index contributed by atoms with van der Waals surface area (Å²) in [7, 11) is 0. The van der Waals surface area contributed by atoms with Crippen molar-refractivity contribution < 1.29 is 4.79 Å². The van der Waals surface area contributed by atoms with Crippen molar-refractivity contribution >= 4 is 28.1 Å². The molecule has 0 radical (unpaired) electrons. The lowest BCUT2D eigenvalue weighted by Crippen LogP contribution is -2.17. The number of amides is 1. The predicted octanol–water partition coefficient (Wildman–Crippen LogP) is 2.54. The second kappa shape index (κ2) is 5.45. The van der Waals surface area contributed by atoms with Crippen molar-refractivity contribution in [3.8, 4) is 0 Å². The molecule has 0 fully saturated rings. The van der Waals surface area contributed by atoms with Crippen LogP contribution in [0, 0.1) is 0 Å². The fourth-order valence-electron chi connectivity index (χ4n) is 1.25. The zero-order valence-electron chi connectivity index (χ0n) is 8.85. The molecule has 0 aliphatic heterocycles. The van der Waals surface area contributed by atoms with Crippen molar-refractivity contribution in [1.82, 2.24) is 10.4 Å². The van der Waals surface area contributed by atoms with Crippen molar-refractivity contribution in [3.05, 3.63) is 58.3 Å². The van der Waals surface area contributed by atoms with E-state index in [9.17, 15) is 4.79 Å². The third-order valence-corrected chi connectivity index (χ3v) is 2.63. The number of carbonyl (C=O) groups excluding carboxylic acids is 1. The van der Waals surface area contributed by atoms with Gasteiger partial charge >= 0.3 is 0 Å². The molecule has 5 heteroatoms. The van der Waals surface area contributed by atoms with Gasteiger partial charge in [-0.3, -0.25) is 4.79 Å². The molecule has 1 heterocycles. The molecule has 2 N–H and O–H groups in total. The van der Waals surface area contributed by atoms with E-state index < -0.39 is 0 Å². The topological polar surface area (TPSA) is 57.2 Å². The highest BCUT2D eigenvalue weighted by Gasteiger charge is 2.02. The van der Waals surface area contributed by atoms with Crippen molar-refractivity contribution in [3.63, 3.8) is 0 Å². The number of nitrogens with one attached hydrogen (secondary N) is 2. The fourth-order valence-corrected chi connectivity index (χ4v) is 1.52. The summed E-state index contributed by atoms with van der Waals surface area (Å²) in [6.07, 6.45) is 3.34. The van der Waals surface area contributed by atoms with Crippen molar-refractivity contribution in [2.45, 2.75) is 0 Å². The number of aromatic nitrogens is 1. The van der Waals surface area contributed by atoms with Crippen LogP contribution in [-0.4, -0.2) is 17.1 Å². The van der Waals surface area contributed by atoms with Gasteiger partial charge in [-0.05, 0) is 36.4 Å². The molecule has 1 aromatic heterocycles. The van der Waals surface area contributed by atoms with Crippen LogP contribution < -0.4 is 5.43 Å². The molecule has 2 rings (SSSR count). The van der Waals surface area contributed by atoms with Gasteiger partial charge in [-0.1, -0.05) is 15.9 Å². The third-order valence-electron chi connectivity index (χ3n) is 2.10. The number of rotatable bonds is 3. The van der Waals surface area contributed by atoms with E-state index in [-0.39, 0.29) is 5.91 Å². The second-order valence-corrected chi connectivity index (χ2v) is 4.25. The number of benzene rings is 1. The standard InChI is InChI=1S/C12H10BrN3O/c13-10-5-3-9(4-6-10)12(17)16-15-8-11-2-1-7-14-11/h1-8,14H,(H,16,17)/b15-8+. The zero-order valence-corrected chi connectivity index (χ0v) is 10.4. The van der Waals surface area contributed by atoms with Crippen LogP contribution in [0.2, 0.25) is 0 Å². The predicted molar refractivity (Wildman–Crippen MR) is 70.0 cm³/mol. The van der Waals surface area contributed by atoms with Gasteiger partial charge in [0.25, 0.3) is 5.91 Å². The van der Waals surface area contributed by atoms with Crippen molar-refractivity contribution in [2.24, 2.45) is 5.10 Å². The first-order chi connectivity index (χ1) is 8.25. The number of halogens is 1. The molecule has 17 heavy (non-hydrogen) atoms. The Morgan fingerprint density at radius 2 is 2.06 bits per heavy atom. The largest absolute Gasteiger partial charge is 0.360 e. The van der Waals surface area contributed by atoms with Crippen LogP contribution in [0.3, 0.4) is 0 Å². The lowest BCUT2D eigenvalue weighted by Gasteiger charge is -1.99. The van der Waals surface area contributed by atoms with Gasteiger partial charge in [-0.2, -0.15) is 5.10 Å². The van der Waals surface area contributed by atoms with Gasteiger partial charge in [-0.15, -0.1) is 0 Å². The minimum atomic E-state index is -0.236. The molecule has 86 valence electrons. The van der Waals surface area contributed by atoms with Crippen LogP contribution in [0.25, 0.3) is 0 Å². The molecule has 0 unspecified atom stereocenters. The average molecular weight is 292 g/mol. The van der Waals surface area contributed by atoms with Crippen LogP contribution in [0.1, 0.15) is 16.1 Å². The van der Waals surface area contributed by atoms with Gasteiger partial charge in [0.2, 0.25) is 0 Å². The molecule has 0 saturated heterocycles. The quantitative estimate of drug-likeness (QED) is 0.663. The van der Waals surface area contributed by atoms with Gasteiger partial charge in [0.15, 0.2) is 0 Å². The first-order valence-corrected chi connectivity index (χ1v) is 5.77. The van der Waals surface area contributed by atoms with E-state index in [1.165, 1.54) is 0 Å². The fraction of sp³-hybridized carbons (Fsp3) is 0. The van der Waals surface area contributed by atoms with E-state index in [0.29, 0.717) is 5.56 Å². The first kappa shape index (κ1) is 11.6. The number of hydrogen-bond donors (Lipinski definition) is 2. The molecule has 0 atom stereocenters. The lowest BCUT2D eigenvalue weighted by atomic mass is 10.2.